The fraction of sp³-hybridized carbons (Fsp3) is 0.689. The van der Waals surface area contributed by atoms with Crippen molar-refractivity contribution in [2.45, 2.75) is 162 Å². The van der Waals surface area contributed by atoms with E-state index in [0.717, 1.165) is 66.7 Å². The van der Waals surface area contributed by atoms with Gasteiger partial charge in [0.05, 0.1) is 31.8 Å². The fourth-order valence-corrected chi connectivity index (χ4v) is 7.81. The van der Waals surface area contributed by atoms with E-state index in [-0.39, 0.29) is 12.2 Å². The Balaban J connectivity index is 0.00000203. The second kappa shape index (κ2) is 30.9. The summed E-state index contributed by atoms with van der Waals surface area (Å²) in [6.45, 7) is 17.5. The maximum Gasteiger partial charge on any atom is 0.338 e. The Morgan fingerprint density at radius 3 is 1.67 bits per heavy atom. The topological polar surface area (TPSA) is 249 Å². The third kappa shape index (κ3) is 21.7. The Labute approximate surface area is 391 Å². The van der Waals surface area contributed by atoms with Gasteiger partial charge < -0.3 is 56.9 Å². The van der Waals surface area contributed by atoms with E-state index in [2.05, 4.69) is 27.4 Å². The normalized spacial score (nSPS) is 25.5. The number of phosphoric acid groups is 1. The van der Waals surface area contributed by atoms with Crippen molar-refractivity contribution in [3.8, 4) is 0 Å². The van der Waals surface area contributed by atoms with Crippen molar-refractivity contribution < 1.29 is 99.2 Å². The van der Waals surface area contributed by atoms with Crippen LogP contribution in [0.3, 0.4) is 0 Å². The number of carbonyl (C=O) groups is 6. The van der Waals surface area contributed by atoms with Crippen LogP contribution in [0.25, 0.3) is 0 Å². The molecule has 0 aromatic heterocycles. The molecule has 2 heterocycles. The quantitative estimate of drug-likeness (QED) is 0.0457. The van der Waals surface area contributed by atoms with Crippen LogP contribution in [0.15, 0.2) is 43.0 Å². The van der Waals surface area contributed by atoms with Gasteiger partial charge in [0.15, 0.2) is 36.9 Å². The van der Waals surface area contributed by atoms with E-state index in [0.29, 0.717) is 12.8 Å². The summed E-state index contributed by atoms with van der Waals surface area (Å²) in [4.78, 5) is 88.9. The Morgan fingerprint density at radius 1 is 0.672 bits per heavy atom. The minimum atomic E-state index is -5.33. The molecule has 2 saturated heterocycles. The maximum atomic E-state index is 17.2. The minimum Gasteiger partial charge on any atom is -0.756 e. The highest BCUT2D eigenvalue weighted by molar-refractivity contribution is 7.45. The average Bonchev–Trinajstić information content (AvgIpc) is 3.26. The number of hydrogen-bond acceptors (Lipinski definition) is 19. The van der Waals surface area contributed by atoms with E-state index in [4.69, 9.17) is 51.7 Å². The molecule has 0 radical (unpaired) electrons. The van der Waals surface area contributed by atoms with Crippen LogP contribution in [0.2, 0.25) is 0 Å². The van der Waals surface area contributed by atoms with Crippen molar-refractivity contribution in [2.75, 3.05) is 39.5 Å². The highest BCUT2D eigenvalue weighted by Crippen LogP contribution is 2.44. The van der Waals surface area contributed by atoms with Gasteiger partial charge in [-0.1, -0.05) is 50.0 Å². The van der Waals surface area contributed by atoms with Crippen molar-refractivity contribution in [1.82, 2.24) is 0 Å². The smallest absolute Gasteiger partial charge is 0.338 e. The van der Waals surface area contributed by atoms with Crippen LogP contribution in [0.1, 0.15) is 111 Å². The number of carbonyl (C=O) groups excluding carboxylic acids is 6. The van der Waals surface area contributed by atoms with Crippen molar-refractivity contribution in [3.05, 3.63) is 48.6 Å². The summed E-state index contributed by atoms with van der Waals surface area (Å²) < 4.78 is 90.2. The molecule has 0 bridgehead atoms. The van der Waals surface area contributed by atoms with Gasteiger partial charge in [0, 0.05) is 34.6 Å². The molecule has 67 heavy (non-hydrogen) atoms. The number of benzene rings is 1. The standard InChI is InChI=1S/C39H54FO19P.C6H15N/c1-7-8-9-10-11-12-13-17-20-51-60(47,48)59-39-34(57-37(46)28-18-15-14-16-19-28)31(40)32(29(56-39)21-49-23(2)41)58-38-36(54-27(6)45)35(53-26(5)44)33(52-25(4)43)30(55-38)22-50-24(3)42;1-4-7(5-2)6-3/h7,14-16,18-19,29-36,38-39H,1,8-13,17,20-22H2,2-6H3,(H,47,48);4-6H2,1-3H3/t29-,30-,31+,32-,33+,34+,35+,36-,38+,39-;/m1./s1. The predicted octanol–water partition coefficient (Wildman–Crippen LogP) is 3.66. The van der Waals surface area contributed by atoms with E-state index >= 15 is 4.39 Å². The van der Waals surface area contributed by atoms with Gasteiger partial charge in [0.1, 0.15) is 31.5 Å². The maximum absolute atomic E-state index is 17.2. The molecule has 1 aromatic rings. The fourth-order valence-electron chi connectivity index (χ4n) is 6.97. The zero-order valence-corrected chi connectivity index (χ0v) is 40.6. The molecule has 1 aromatic carbocycles. The van der Waals surface area contributed by atoms with Crippen LogP contribution in [0, 0.1) is 0 Å². The lowest BCUT2D eigenvalue weighted by Crippen LogP contribution is -3.11. The molecule has 380 valence electrons. The molecule has 0 aliphatic carbocycles. The van der Waals surface area contributed by atoms with Crippen LogP contribution in [0.4, 0.5) is 4.39 Å². The number of phosphoric ester groups is 1. The SMILES string of the molecule is C=CCCCCCCCCOP(=O)([O-])O[C@H]1O[C@H](COC(C)=O)[C@@H](O[C@@H]2O[C@H](COC(C)=O)[C@H](OC(C)=O)[C@H](OC(C)=O)[C@H]2OC(C)=O)[C@H](F)[C@@H]1OC(=O)c1ccccc1.CC[NH+](CC)CC. The molecule has 20 nitrogen and oxygen atoms in total. The Hall–Kier alpha value is -4.34. The van der Waals surface area contributed by atoms with Gasteiger partial charge in [-0.25, -0.2) is 9.18 Å². The summed E-state index contributed by atoms with van der Waals surface area (Å²) in [6, 6.07) is 7.24. The van der Waals surface area contributed by atoms with E-state index < -0.39 is 118 Å². The van der Waals surface area contributed by atoms with Crippen molar-refractivity contribution in [1.29, 1.82) is 0 Å². The summed E-state index contributed by atoms with van der Waals surface area (Å²) in [5.41, 5.74) is -0.0754. The van der Waals surface area contributed by atoms with Crippen molar-refractivity contribution >= 4 is 43.6 Å². The lowest BCUT2D eigenvalue weighted by atomic mass is 9.96. The van der Waals surface area contributed by atoms with Gasteiger partial charge in [-0.15, -0.1) is 6.58 Å². The molecular weight excluding hydrogens is 908 g/mol. The van der Waals surface area contributed by atoms with Gasteiger partial charge in [0.25, 0.3) is 7.82 Å². The first-order chi connectivity index (χ1) is 31.8. The van der Waals surface area contributed by atoms with Gasteiger partial charge >= 0.3 is 35.8 Å². The Bertz CT molecular complexity index is 1750. The minimum absolute atomic E-state index is 0.0754. The van der Waals surface area contributed by atoms with E-state index in [1.54, 1.807) is 11.0 Å². The summed E-state index contributed by atoms with van der Waals surface area (Å²) >= 11 is 0. The number of alkyl halides is 1. The highest BCUT2D eigenvalue weighted by atomic mass is 31.2. The lowest BCUT2D eigenvalue weighted by Gasteiger charge is -2.48. The lowest BCUT2D eigenvalue weighted by molar-refractivity contribution is -0.894. The van der Waals surface area contributed by atoms with Crippen LogP contribution in [-0.2, 0) is 80.2 Å². The number of esters is 6. The zero-order chi connectivity index (χ0) is 50.1. The number of unbranched alkanes of at least 4 members (excludes halogenated alkanes) is 6. The molecule has 2 fully saturated rings. The first-order valence-electron chi connectivity index (χ1n) is 22.5. The number of rotatable bonds is 26. The number of quaternary nitrogens is 1. The summed E-state index contributed by atoms with van der Waals surface area (Å²) in [5.74, 6) is -5.70. The van der Waals surface area contributed by atoms with Gasteiger partial charge in [0.2, 0.25) is 6.29 Å². The molecular formula is C45H69FNO19P. The van der Waals surface area contributed by atoms with Crippen LogP contribution in [0.5, 0.6) is 0 Å². The molecule has 0 spiro atoms. The number of halogens is 1. The molecule has 1 unspecified atom stereocenters. The molecule has 0 amide bonds. The molecule has 1 N–H and O–H groups in total. The van der Waals surface area contributed by atoms with E-state index in [9.17, 15) is 38.2 Å². The Morgan fingerprint density at radius 2 is 1.16 bits per heavy atom. The van der Waals surface area contributed by atoms with Gasteiger partial charge in [-0.2, -0.15) is 0 Å². The number of nitrogens with one attached hydrogen (secondary N) is 1. The van der Waals surface area contributed by atoms with E-state index in [1.807, 2.05) is 6.08 Å². The van der Waals surface area contributed by atoms with Crippen molar-refractivity contribution in [3.63, 3.8) is 0 Å². The second-order valence-electron chi connectivity index (χ2n) is 15.6. The third-order valence-corrected chi connectivity index (χ3v) is 11.3. The molecule has 2 aliphatic rings. The molecule has 2 aliphatic heterocycles. The number of hydrogen-bond donors (Lipinski definition) is 1. The third-order valence-electron chi connectivity index (χ3n) is 10.3. The first-order valence-corrected chi connectivity index (χ1v) is 24.0. The second-order valence-corrected chi connectivity index (χ2v) is 17.0. The molecule has 11 atom stereocenters. The van der Waals surface area contributed by atoms with Gasteiger partial charge in [-0.3, -0.25) is 33.1 Å². The monoisotopic (exact) mass is 977 g/mol. The largest absolute Gasteiger partial charge is 0.756 e. The first kappa shape index (κ1) is 58.8. The summed E-state index contributed by atoms with van der Waals surface area (Å²) in [6.07, 6.45) is -12.2. The zero-order valence-electron chi connectivity index (χ0n) is 39.7. The predicted molar refractivity (Wildman–Crippen MR) is 232 cm³/mol. The molecule has 22 heteroatoms. The van der Waals surface area contributed by atoms with E-state index in [1.165, 1.54) is 43.9 Å². The van der Waals surface area contributed by atoms with Crippen LogP contribution < -0.4 is 9.79 Å². The molecule has 3 rings (SSSR count). The van der Waals surface area contributed by atoms with Crippen LogP contribution in [-0.4, -0.2) is 137 Å². The number of ether oxygens (including phenoxy) is 9. The number of allylic oxidation sites excluding steroid dienone is 1. The summed E-state index contributed by atoms with van der Waals surface area (Å²) in [7, 11) is -5.33. The highest BCUT2D eigenvalue weighted by Gasteiger charge is 2.57. The Kier molecular flexibility index (Phi) is 27.1. The molecule has 0 saturated carbocycles. The van der Waals surface area contributed by atoms with Crippen molar-refractivity contribution in [2.24, 2.45) is 0 Å². The summed E-state index contributed by atoms with van der Waals surface area (Å²) in [5, 5.41) is 0. The average molecular weight is 978 g/mol. The van der Waals surface area contributed by atoms with Crippen LogP contribution >= 0.6 is 7.82 Å². The van der Waals surface area contributed by atoms with Gasteiger partial charge in [-0.05, 0) is 52.2 Å².